The van der Waals surface area contributed by atoms with E-state index in [1.54, 1.807) is 18.2 Å². The van der Waals surface area contributed by atoms with Crippen LogP contribution >= 0.6 is 0 Å². The van der Waals surface area contributed by atoms with Gasteiger partial charge >= 0.3 is 12.4 Å². The minimum Gasteiger partial charge on any atom is -0.435 e. The molecule has 1 aliphatic heterocycles. The van der Waals surface area contributed by atoms with Gasteiger partial charge in [0.15, 0.2) is 5.58 Å². The highest BCUT2D eigenvalue weighted by Gasteiger charge is 2.35. The van der Waals surface area contributed by atoms with E-state index in [4.69, 9.17) is 4.42 Å². The van der Waals surface area contributed by atoms with E-state index in [2.05, 4.69) is 10.1 Å². The van der Waals surface area contributed by atoms with Gasteiger partial charge in [-0.3, -0.25) is 14.2 Å². The first-order valence-corrected chi connectivity index (χ1v) is 10.0. The van der Waals surface area contributed by atoms with Crippen LogP contribution in [0.15, 0.2) is 51.7 Å². The van der Waals surface area contributed by atoms with Crippen molar-refractivity contribution in [3.63, 3.8) is 0 Å². The molecule has 1 saturated heterocycles. The molecule has 2 aromatic carbocycles. The van der Waals surface area contributed by atoms with Gasteiger partial charge in [0.25, 0.3) is 0 Å². The van der Waals surface area contributed by atoms with E-state index in [9.17, 15) is 23.2 Å². The zero-order valence-corrected chi connectivity index (χ0v) is 17.4. The second-order valence-corrected chi connectivity index (χ2v) is 7.78. The number of aromatic nitrogens is 1. The van der Waals surface area contributed by atoms with Crippen molar-refractivity contribution in [2.24, 2.45) is 5.92 Å². The standard InChI is InChI=1S/C22H21F2N3O5/c1-12(2)27-17-8-3-14(10-18(17)32-22(27)30)25-20(29)13-9-19(28)26(11-13)15-4-6-16(7-5-15)31-21(23)24/h3-8,10,12-13,21H,9,11H2,1-2H3,(H,25,29). The average molecular weight is 445 g/mol. The Bertz CT molecular complexity index is 1220. The lowest BCUT2D eigenvalue weighted by Gasteiger charge is -2.17. The Balaban J connectivity index is 1.45. The number of oxazole rings is 1. The molecule has 2 amide bonds. The predicted octanol–water partition coefficient (Wildman–Crippen LogP) is 3.77. The molecule has 1 N–H and O–H groups in total. The second-order valence-electron chi connectivity index (χ2n) is 7.78. The fourth-order valence-corrected chi connectivity index (χ4v) is 3.79. The third-order valence-corrected chi connectivity index (χ3v) is 5.27. The van der Waals surface area contributed by atoms with Crippen LogP contribution in [0.5, 0.6) is 5.75 Å². The topological polar surface area (TPSA) is 93.8 Å². The van der Waals surface area contributed by atoms with E-state index >= 15 is 0 Å². The van der Waals surface area contributed by atoms with Crippen LogP contribution < -0.4 is 20.7 Å². The average Bonchev–Trinajstić information content (AvgIpc) is 3.27. The molecule has 0 bridgehead atoms. The molecule has 1 unspecified atom stereocenters. The van der Waals surface area contributed by atoms with Crippen LogP contribution in [0.25, 0.3) is 11.1 Å². The summed E-state index contributed by atoms with van der Waals surface area (Å²) < 4.78 is 35.7. The summed E-state index contributed by atoms with van der Waals surface area (Å²) in [4.78, 5) is 38.6. The quantitative estimate of drug-likeness (QED) is 0.624. The van der Waals surface area contributed by atoms with Crippen molar-refractivity contribution in [1.29, 1.82) is 0 Å². The van der Waals surface area contributed by atoms with Crippen molar-refractivity contribution in [2.75, 3.05) is 16.8 Å². The Labute approximate surface area is 181 Å². The largest absolute Gasteiger partial charge is 0.435 e. The van der Waals surface area contributed by atoms with Gasteiger partial charge in [0.2, 0.25) is 11.8 Å². The summed E-state index contributed by atoms with van der Waals surface area (Å²) in [6.45, 7) is 0.960. The lowest BCUT2D eigenvalue weighted by atomic mass is 10.1. The van der Waals surface area contributed by atoms with Gasteiger partial charge < -0.3 is 19.4 Å². The maximum absolute atomic E-state index is 12.7. The summed E-state index contributed by atoms with van der Waals surface area (Å²) in [5, 5.41) is 2.76. The molecule has 4 rings (SSSR count). The Kier molecular flexibility index (Phi) is 5.68. The lowest BCUT2D eigenvalue weighted by Crippen LogP contribution is -2.28. The van der Waals surface area contributed by atoms with Gasteiger partial charge in [0, 0.05) is 36.4 Å². The SMILES string of the molecule is CC(C)n1c(=O)oc2cc(NC(=O)C3CC(=O)N(c4ccc(OC(F)F)cc4)C3)ccc21. The lowest BCUT2D eigenvalue weighted by molar-refractivity contribution is -0.122. The number of carbonyl (C=O) groups is 2. The second kappa shape index (κ2) is 8.45. The molecule has 32 heavy (non-hydrogen) atoms. The molecule has 0 spiro atoms. The van der Waals surface area contributed by atoms with Crippen molar-refractivity contribution in [1.82, 2.24) is 4.57 Å². The first kappa shape index (κ1) is 21.5. The van der Waals surface area contributed by atoms with Crippen LogP contribution in [0.1, 0.15) is 26.3 Å². The highest BCUT2D eigenvalue weighted by Crippen LogP contribution is 2.28. The summed E-state index contributed by atoms with van der Waals surface area (Å²) in [6.07, 6.45) is 0.0160. The number of anilines is 2. The summed E-state index contributed by atoms with van der Waals surface area (Å²) >= 11 is 0. The number of amides is 2. The molecule has 1 atom stereocenters. The zero-order valence-electron chi connectivity index (χ0n) is 17.4. The molecule has 3 aromatic rings. The van der Waals surface area contributed by atoms with E-state index in [0.717, 1.165) is 0 Å². The Morgan fingerprint density at radius 3 is 2.53 bits per heavy atom. The van der Waals surface area contributed by atoms with Crippen molar-refractivity contribution in [2.45, 2.75) is 32.9 Å². The summed E-state index contributed by atoms with van der Waals surface area (Å²) in [7, 11) is 0. The molecular formula is C22H21F2N3O5. The number of alkyl halides is 2. The van der Waals surface area contributed by atoms with Crippen LogP contribution in [-0.2, 0) is 9.59 Å². The molecule has 0 aliphatic carbocycles. The normalized spacial score (nSPS) is 16.4. The third kappa shape index (κ3) is 4.20. The Hall–Kier alpha value is -3.69. The summed E-state index contributed by atoms with van der Waals surface area (Å²) in [5.41, 5.74) is 1.93. The fraction of sp³-hybridized carbons (Fsp3) is 0.318. The number of halogens is 2. The molecule has 0 saturated carbocycles. The van der Waals surface area contributed by atoms with Crippen LogP contribution in [0.3, 0.4) is 0 Å². The monoisotopic (exact) mass is 445 g/mol. The molecule has 8 nitrogen and oxygen atoms in total. The van der Waals surface area contributed by atoms with Crippen LogP contribution in [0.2, 0.25) is 0 Å². The number of rotatable bonds is 6. The molecule has 10 heteroatoms. The highest BCUT2D eigenvalue weighted by atomic mass is 19.3. The Morgan fingerprint density at radius 2 is 1.88 bits per heavy atom. The molecule has 1 aliphatic rings. The molecule has 1 aromatic heterocycles. The van der Waals surface area contributed by atoms with E-state index in [1.807, 2.05) is 13.8 Å². The smallest absolute Gasteiger partial charge is 0.420 e. The fourth-order valence-electron chi connectivity index (χ4n) is 3.79. The van der Waals surface area contributed by atoms with Gasteiger partial charge in [-0.2, -0.15) is 8.78 Å². The van der Waals surface area contributed by atoms with Gasteiger partial charge in [-0.1, -0.05) is 0 Å². The van der Waals surface area contributed by atoms with Crippen molar-refractivity contribution < 1.29 is 27.5 Å². The number of nitrogens with one attached hydrogen (secondary N) is 1. The maximum atomic E-state index is 12.7. The highest BCUT2D eigenvalue weighted by molar-refractivity contribution is 6.03. The number of carbonyl (C=O) groups excluding carboxylic acids is 2. The molecule has 0 radical (unpaired) electrons. The van der Waals surface area contributed by atoms with Gasteiger partial charge in [-0.15, -0.1) is 0 Å². The zero-order chi connectivity index (χ0) is 23.0. The van der Waals surface area contributed by atoms with E-state index in [1.165, 1.54) is 33.7 Å². The number of ether oxygens (including phenoxy) is 1. The maximum Gasteiger partial charge on any atom is 0.420 e. The van der Waals surface area contributed by atoms with Gasteiger partial charge in [-0.25, -0.2) is 4.79 Å². The van der Waals surface area contributed by atoms with E-state index < -0.39 is 18.3 Å². The van der Waals surface area contributed by atoms with E-state index in [-0.39, 0.29) is 36.6 Å². The minimum absolute atomic E-state index is 0.0157. The Morgan fingerprint density at radius 1 is 1.16 bits per heavy atom. The van der Waals surface area contributed by atoms with Crippen molar-refractivity contribution in [3.05, 3.63) is 53.0 Å². The molecule has 2 heterocycles. The van der Waals surface area contributed by atoms with Crippen LogP contribution in [-0.4, -0.2) is 29.5 Å². The molecule has 168 valence electrons. The van der Waals surface area contributed by atoms with Gasteiger partial charge in [0.05, 0.1) is 11.4 Å². The first-order chi connectivity index (χ1) is 15.2. The van der Waals surface area contributed by atoms with Gasteiger partial charge in [0.1, 0.15) is 5.75 Å². The van der Waals surface area contributed by atoms with Crippen LogP contribution in [0, 0.1) is 5.92 Å². The van der Waals surface area contributed by atoms with E-state index in [0.29, 0.717) is 22.5 Å². The first-order valence-electron chi connectivity index (χ1n) is 10.0. The number of hydrogen-bond donors (Lipinski definition) is 1. The molecular weight excluding hydrogens is 424 g/mol. The molecule has 1 fully saturated rings. The predicted molar refractivity (Wildman–Crippen MR) is 113 cm³/mol. The van der Waals surface area contributed by atoms with Crippen LogP contribution in [0.4, 0.5) is 20.2 Å². The minimum atomic E-state index is -2.93. The number of fused-ring (bicyclic) bond motifs is 1. The number of hydrogen-bond acceptors (Lipinski definition) is 5. The van der Waals surface area contributed by atoms with Crippen molar-refractivity contribution in [3.8, 4) is 5.75 Å². The summed E-state index contributed by atoms with van der Waals surface area (Å²) in [6, 6.07) is 10.5. The van der Waals surface area contributed by atoms with Gasteiger partial charge in [-0.05, 0) is 50.2 Å². The third-order valence-electron chi connectivity index (χ3n) is 5.27. The number of benzene rings is 2. The summed E-state index contributed by atoms with van der Waals surface area (Å²) in [5.74, 6) is -1.67. The number of nitrogens with zero attached hydrogens (tertiary/aromatic N) is 2. The van der Waals surface area contributed by atoms with Crippen molar-refractivity contribution >= 4 is 34.3 Å².